The Kier molecular flexibility index (Phi) is 9.34. The first-order chi connectivity index (χ1) is 15.4. The maximum Gasteiger partial charge on any atom is 0.269 e. The molecule has 0 spiro atoms. The van der Waals surface area contributed by atoms with Crippen molar-refractivity contribution in [2.45, 2.75) is 34.1 Å². The summed E-state index contributed by atoms with van der Waals surface area (Å²) < 4.78 is 16.8. The molecule has 3 amide bonds. The molecule has 0 bridgehead atoms. The minimum atomic E-state index is -0.557. The maximum absolute atomic E-state index is 12.7. The van der Waals surface area contributed by atoms with Crippen LogP contribution in [0.3, 0.4) is 0 Å². The summed E-state index contributed by atoms with van der Waals surface area (Å²) in [6.07, 6.45) is 0.321. The number of nitrogens with one attached hydrogen (secondary N) is 3. The fourth-order valence-corrected chi connectivity index (χ4v) is 2.77. The summed E-state index contributed by atoms with van der Waals surface area (Å²) in [4.78, 5) is 36.7. The van der Waals surface area contributed by atoms with Crippen molar-refractivity contribution in [3.05, 3.63) is 47.5 Å². The molecule has 0 fully saturated rings. The predicted octanol–water partition coefficient (Wildman–Crippen LogP) is 3.31. The van der Waals surface area contributed by atoms with Gasteiger partial charge in [-0.3, -0.25) is 25.2 Å². The average Bonchev–Trinajstić information content (AvgIpc) is 2.79. The van der Waals surface area contributed by atoms with Crippen LogP contribution in [0, 0.1) is 0 Å². The van der Waals surface area contributed by atoms with Crippen molar-refractivity contribution >= 4 is 23.4 Å². The van der Waals surface area contributed by atoms with Crippen LogP contribution in [0.1, 0.15) is 54.8 Å². The van der Waals surface area contributed by atoms with Crippen molar-refractivity contribution in [2.24, 2.45) is 0 Å². The Morgan fingerprint density at radius 3 is 1.84 bits per heavy atom. The van der Waals surface area contributed by atoms with Gasteiger partial charge in [-0.15, -0.1) is 0 Å². The highest BCUT2D eigenvalue weighted by atomic mass is 16.5. The smallest absolute Gasteiger partial charge is 0.269 e. The van der Waals surface area contributed by atoms with Gasteiger partial charge >= 0.3 is 0 Å². The molecule has 3 N–H and O–H groups in total. The van der Waals surface area contributed by atoms with E-state index in [-0.39, 0.29) is 17.0 Å². The van der Waals surface area contributed by atoms with E-state index in [1.165, 1.54) is 18.2 Å². The molecule has 9 nitrogen and oxygen atoms in total. The third-order valence-corrected chi connectivity index (χ3v) is 4.19. The molecular formula is C23H29N3O6. The summed E-state index contributed by atoms with van der Waals surface area (Å²) in [5, 5.41) is 2.68. The van der Waals surface area contributed by atoms with Gasteiger partial charge in [0, 0.05) is 23.2 Å². The quantitative estimate of drug-likeness (QED) is 0.486. The molecule has 0 saturated carbocycles. The van der Waals surface area contributed by atoms with Gasteiger partial charge in [0.1, 0.15) is 0 Å². The van der Waals surface area contributed by atoms with Crippen LogP contribution in [0.5, 0.6) is 17.2 Å². The summed E-state index contributed by atoms with van der Waals surface area (Å²) in [5.74, 6) is -0.0951. The highest BCUT2D eigenvalue weighted by molar-refractivity contribution is 6.00. The molecule has 0 aliphatic carbocycles. The number of hydrogen-bond donors (Lipinski definition) is 3. The normalized spacial score (nSPS) is 10.1. The fraction of sp³-hybridized carbons (Fsp3) is 0.348. The highest BCUT2D eigenvalue weighted by Crippen LogP contribution is 2.39. The first-order valence-corrected chi connectivity index (χ1v) is 10.5. The number of carbonyl (C=O) groups is 3. The van der Waals surface area contributed by atoms with Crippen LogP contribution in [-0.4, -0.2) is 37.5 Å². The van der Waals surface area contributed by atoms with Gasteiger partial charge in [0.15, 0.2) is 11.5 Å². The topological polar surface area (TPSA) is 115 Å². The van der Waals surface area contributed by atoms with E-state index in [1.807, 2.05) is 20.8 Å². The van der Waals surface area contributed by atoms with Crippen LogP contribution in [0.4, 0.5) is 5.69 Å². The second-order valence-electron chi connectivity index (χ2n) is 6.49. The number of ether oxygens (including phenoxy) is 3. The minimum Gasteiger partial charge on any atom is -0.490 e. The van der Waals surface area contributed by atoms with E-state index in [9.17, 15) is 14.4 Å². The van der Waals surface area contributed by atoms with Gasteiger partial charge in [0.2, 0.25) is 11.7 Å². The van der Waals surface area contributed by atoms with E-state index >= 15 is 0 Å². The molecule has 0 radical (unpaired) electrons. The largest absolute Gasteiger partial charge is 0.490 e. The van der Waals surface area contributed by atoms with E-state index in [0.717, 1.165) is 0 Å². The van der Waals surface area contributed by atoms with Crippen molar-refractivity contribution in [3.8, 4) is 17.2 Å². The molecule has 0 aliphatic heterocycles. The fourth-order valence-electron chi connectivity index (χ4n) is 2.77. The molecule has 0 atom stereocenters. The molecule has 32 heavy (non-hydrogen) atoms. The van der Waals surface area contributed by atoms with Gasteiger partial charge in [-0.1, -0.05) is 13.0 Å². The number of hydrazine groups is 1. The Hall–Kier alpha value is -3.75. The molecule has 2 aromatic carbocycles. The number of rotatable bonds is 10. The minimum absolute atomic E-state index is 0.165. The van der Waals surface area contributed by atoms with Gasteiger partial charge in [-0.05, 0) is 51.1 Å². The number of anilines is 1. The van der Waals surface area contributed by atoms with Crippen molar-refractivity contribution in [3.63, 3.8) is 0 Å². The van der Waals surface area contributed by atoms with Gasteiger partial charge < -0.3 is 19.5 Å². The first-order valence-electron chi connectivity index (χ1n) is 10.5. The lowest BCUT2D eigenvalue weighted by atomic mass is 10.1. The monoisotopic (exact) mass is 443 g/mol. The van der Waals surface area contributed by atoms with Crippen molar-refractivity contribution in [1.82, 2.24) is 10.9 Å². The molecule has 172 valence electrons. The van der Waals surface area contributed by atoms with Crippen LogP contribution < -0.4 is 30.4 Å². The SMILES string of the molecule is CCOc1cc(C(=O)NNC(=O)c2cccc(NC(=O)CC)c2)cc(OCC)c1OCC. The molecule has 9 heteroatoms. The lowest BCUT2D eigenvalue weighted by Gasteiger charge is -2.17. The Morgan fingerprint density at radius 1 is 0.750 bits per heavy atom. The molecular weight excluding hydrogens is 414 g/mol. The second-order valence-corrected chi connectivity index (χ2v) is 6.49. The van der Waals surface area contributed by atoms with Crippen molar-refractivity contribution in [2.75, 3.05) is 25.1 Å². The van der Waals surface area contributed by atoms with Gasteiger partial charge in [0.05, 0.1) is 19.8 Å². The molecule has 0 unspecified atom stereocenters. The lowest BCUT2D eigenvalue weighted by Crippen LogP contribution is -2.41. The molecule has 2 rings (SSSR count). The number of hydrogen-bond acceptors (Lipinski definition) is 6. The Morgan fingerprint density at radius 2 is 1.31 bits per heavy atom. The van der Waals surface area contributed by atoms with E-state index in [0.29, 0.717) is 49.2 Å². The van der Waals surface area contributed by atoms with Crippen LogP contribution in [0.2, 0.25) is 0 Å². The molecule has 0 saturated heterocycles. The first kappa shape index (κ1) is 24.5. The van der Waals surface area contributed by atoms with E-state index in [1.54, 1.807) is 25.1 Å². The highest BCUT2D eigenvalue weighted by Gasteiger charge is 2.19. The third-order valence-electron chi connectivity index (χ3n) is 4.19. The number of carbonyl (C=O) groups excluding carboxylic acids is 3. The standard InChI is InChI=1S/C23H29N3O6/c1-5-20(27)24-17-11-9-10-15(12-17)22(28)25-26-23(29)16-13-18(30-6-2)21(32-8-4)19(14-16)31-7-3/h9-14H,5-8H2,1-4H3,(H,24,27)(H,25,28)(H,26,29). The second kappa shape index (κ2) is 12.2. The van der Waals surface area contributed by atoms with E-state index in [2.05, 4.69) is 16.2 Å². The maximum atomic E-state index is 12.7. The zero-order chi connectivity index (χ0) is 23.5. The number of amides is 3. The molecule has 0 aromatic heterocycles. The van der Waals surface area contributed by atoms with Gasteiger partial charge in [0.25, 0.3) is 11.8 Å². The van der Waals surface area contributed by atoms with Gasteiger partial charge in [-0.2, -0.15) is 0 Å². The Labute approximate surface area is 187 Å². The summed E-state index contributed by atoms with van der Waals surface area (Å²) in [7, 11) is 0. The van der Waals surface area contributed by atoms with E-state index < -0.39 is 11.8 Å². The lowest BCUT2D eigenvalue weighted by molar-refractivity contribution is -0.115. The molecule has 0 aliphatic rings. The Bertz CT molecular complexity index is 933. The molecule has 0 heterocycles. The summed E-state index contributed by atoms with van der Waals surface area (Å²) in [6.45, 7) is 8.36. The molecule has 2 aromatic rings. The summed E-state index contributed by atoms with van der Waals surface area (Å²) >= 11 is 0. The predicted molar refractivity (Wildman–Crippen MR) is 120 cm³/mol. The summed E-state index contributed by atoms with van der Waals surface area (Å²) in [5.41, 5.74) is 5.74. The van der Waals surface area contributed by atoms with Gasteiger partial charge in [-0.25, -0.2) is 0 Å². The Balaban J connectivity index is 2.15. The van der Waals surface area contributed by atoms with Crippen molar-refractivity contribution < 1.29 is 28.6 Å². The third kappa shape index (κ3) is 6.63. The zero-order valence-corrected chi connectivity index (χ0v) is 18.7. The van der Waals surface area contributed by atoms with Crippen LogP contribution in [-0.2, 0) is 4.79 Å². The number of benzene rings is 2. The van der Waals surface area contributed by atoms with Crippen LogP contribution in [0.15, 0.2) is 36.4 Å². The average molecular weight is 444 g/mol. The van der Waals surface area contributed by atoms with E-state index in [4.69, 9.17) is 14.2 Å². The van der Waals surface area contributed by atoms with Crippen LogP contribution in [0.25, 0.3) is 0 Å². The zero-order valence-electron chi connectivity index (χ0n) is 18.7. The van der Waals surface area contributed by atoms with Crippen molar-refractivity contribution in [1.29, 1.82) is 0 Å². The van der Waals surface area contributed by atoms with Crippen LogP contribution >= 0.6 is 0 Å². The summed E-state index contributed by atoms with van der Waals surface area (Å²) in [6, 6.07) is 9.45.